The molecule has 0 bridgehead atoms. The summed E-state index contributed by atoms with van der Waals surface area (Å²) in [5, 5.41) is 0. The summed E-state index contributed by atoms with van der Waals surface area (Å²) in [5.41, 5.74) is 0.312. The fourth-order valence-electron chi connectivity index (χ4n) is 1.22. The van der Waals surface area contributed by atoms with Crippen molar-refractivity contribution in [2.75, 3.05) is 0 Å². The van der Waals surface area contributed by atoms with E-state index >= 15 is 0 Å². The molecule has 0 atom stereocenters. The van der Waals surface area contributed by atoms with Crippen LogP contribution < -0.4 is 5.56 Å². The van der Waals surface area contributed by atoms with Crippen LogP contribution in [0.4, 0.5) is 4.39 Å². The highest BCUT2D eigenvalue weighted by molar-refractivity contribution is 9.10. The Hall–Kier alpha value is -1.49. The first kappa shape index (κ1) is 10.0. The first-order chi connectivity index (χ1) is 7.18. The maximum atomic E-state index is 13.6. The summed E-state index contributed by atoms with van der Waals surface area (Å²) in [6.45, 7) is 0. The van der Waals surface area contributed by atoms with Gasteiger partial charge in [-0.1, -0.05) is 6.07 Å². The lowest BCUT2D eigenvalue weighted by Crippen LogP contribution is -2.05. The molecule has 0 aliphatic carbocycles. The zero-order valence-electron chi connectivity index (χ0n) is 7.50. The number of hydrogen-bond donors (Lipinski definition) is 1. The van der Waals surface area contributed by atoms with Crippen LogP contribution in [0, 0.1) is 5.82 Å². The molecule has 15 heavy (non-hydrogen) atoms. The molecule has 0 aliphatic heterocycles. The van der Waals surface area contributed by atoms with Gasteiger partial charge in [0.2, 0.25) is 0 Å². The second kappa shape index (κ2) is 3.94. The van der Waals surface area contributed by atoms with Gasteiger partial charge in [-0.25, -0.2) is 9.37 Å². The third-order valence-electron chi connectivity index (χ3n) is 1.91. The molecule has 0 radical (unpaired) electrons. The number of rotatable bonds is 1. The molecule has 0 unspecified atom stereocenters. The van der Waals surface area contributed by atoms with E-state index < -0.39 is 5.82 Å². The average Bonchev–Trinajstić information content (AvgIpc) is 2.22. The Morgan fingerprint density at radius 1 is 1.40 bits per heavy atom. The maximum absolute atomic E-state index is 13.6. The second-order valence-corrected chi connectivity index (χ2v) is 3.75. The van der Waals surface area contributed by atoms with Gasteiger partial charge in [0, 0.05) is 11.6 Å². The van der Waals surface area contributed by atoms with Crippen molar-refractivity contribution in [3.05, 3.63) is 51.2 Å². The molecule has 0 saturated heterocycles. The highest BCUT2D eigenvalue weighted by Gasteiger charge is 2.09. The summed E-state index contributed by atoms with van der Waals surface area (Å²) in [4.78, 5) is 17.3. The van der Waals surface area contributed by atoms with Crippen LogP contribution in [-0.2, 0) is 0 Å². The van der Waals surface area contributed by atoms with Gasteiger partial charge in [0.25, 0.3) is 5.56 Å². The largest absolute Gasteiger partial charge is 0.313 e. The summed E-state index contributed by atoms with van der Waals surface area (Å²) >= 11 is 3.07. The number of aromatic nitrogens is 2. The van der Waals surface area contributed by atoms with Crippen LogP contribution in [0.15, 0.2) is 39.9 Å². The van der Waals surface area contributed by atoms with E-state index in [9.17, 15) is 9.18 Å². The third kappa shape index (κ3) is 1.97. The van der Waals surface area contributed by atoms with Crippen molar-refractivity contribution in [2.24, 2.45) is 0 Å². The summed E-state index contributed by atoms with van der Waals surface area (Å²) in [6.07, 6.45) is 1.25. The second-order valence-electron chi connectivity index (χ2n) is 2.90. The summed E-state index contributed by atoms with van der Waals surface area (Å²) in [5.74, 6) is -0.421. The fourth-order valence-corrected chi connectivity index (χ4v) is 1.58. The molecular weight excluding hydrogens is 263 g/mol. The van der Waals surface area contributed by atoms with Gasteiger partial charge in [0.15, 0.2) is 0 Å². The van der Waals surface area contributed by atoms with Gasteiger partial charge in [-0.2, -0.15) is 0 Å². The number of halogens is 2. The van der Waals surface area contributed by atoms with Crippen molar-refractivity contribution in [3.8, 4) is 11.3 Å². The van der Waals surface area contributed by atoms with Crippen molar-refractivity contribution in [3.63, 3.8) is 0 Å². The maximum Gasteiger partial charge on any atom is 0.251 e. The molecule has 0 amide bonds. The fraction of sp³-hybridized carbons (Fsp3) is 0. The highest BCUT2D eigenvalue weighted by atomic mass is 79.9. The van der Waals surface area contributed by atoms with Crippen LogP contribution in [0.2, 0.25) is 0 Å². The standard InChI is InChI=1S/C10H6BrFN2O/c11-7-3-1-2-6(10(7)12)8-4-9(15)14-5-13-8/h1-5H,(H,13,14,15). The van der Waals surface area contributed by atoms with E-state index in [1.807, 2.05) is 0 Å². The van der Waals surface area contributed by atoms with Gasteiger partial charge >= 0.3 is 0 Å². The van der Waals surface area contributed by atoms with E-state index in [1.54, 1.807) is 18.2 Å². The Morgan fingerprint density at radius 3 is 2.93 bits per heavy atom. The number of benzene rings is 1. The predicted molar refractivity (Wildman–Crippen MR) is 58.0 cm³/mol. The topological polar surface area (TPSA) is 45.8 Å². The Bertz CT molecular complexity index is 553. The Balaban J connectivity index is 2.64. The molecule has 3 nitrogen and oxygen atoms in total. The zero-order chi connectivity index (χ0) is 10.8. The average molecular weight is 269 g/mol. The number of nitrogens with zero attached hydrogens (tertiary/aromatic N) is 1. The minimum absolute atomic E-state index is 0.301. The normalized spacial score (nSPS) is 10.3. The van der Waals surface area contributed by atoms with E-state index in [0.29, 0.717) is 15.7 Å². The van der Waals surface area contributed by atoms with Crippen molar-refractivity contribution in [1.29, 1.82) is 0 Å². The van der Waals surface area contributed by atoms with Crippen molar-refractivity contribution < 1.29 is 4.39 Å². The van der Waals surface area contributed by atoms with E-state index in [2.05, 4.69) is 25.9 Å². The Kier molecular flexibility index (Phi) is 2.64. The molecule has 0 aliphatic rings. The van der Waals surface area contributed by atoms with Gasteiger partial charge < -0.3 is 4.98 Å². The van der Waals surface area contributed by atoms with Crippen LogP contribution in [0.5, 0.6) is 0 Å². The molecule has 0 saturated carbocycles. The molecule has 1 heterocycles. The molecule has 2 aromatic rings. The van der Waals surface area contributed by atoms with Crippen LogP contribution >= 0.6 is 15.9 Å². The minimum atomic E-state index is -0.421. The van der Waals surface area contributed by atoms with Crippen LogP contribution in [0.3, 0.4) is 0 Å². The molecule has 0 fully saturated rings. The lowest BCUT2D eigenvalue weighted by molar-refractivity contribution is 0.624. The van der Waals surface area contributed by atoms with Crippen molar-refractivity contribution >= 4 is 15.9 Å². The van der Waals surface area contributed by atoms with Gasteiger partial charge in [0.1, 0.15) is 5.82 Å². The van der Waals surface area contributed by atoms with Gasteiger partial charge in [-0.15, -0.1) is 0 Å². The Morgan fingerprint density at radius 2 is 2.20 bits per heavy atom. The van der Waals surface area contributed by atoms with E-state index in [1.165, 1.54) is 12.4 Å². The first-order valence-corrected chi connectivity index (χ1v) is 4.97. The number of aromatic amines is 1. The lowest BCUT2D eigenvalue weighted by atomic mass is 10.1. The van der Waals surface area contributed by atoms with E-state index in [4.69, 9.17) is 0 Å². The van der Waals surface area contributed by atoms with E-state index in [0.717, 1.165) is 0 Å². The minimum Gasteiger partial charge on any atom is -0.313 e. The van der Waals surface area contributed by atoms with Crippen molar-refractivity contribution in [2.45, 2.75) is 0 Å². The molecule has 1 aromatic heterocycles. The van der Waals surface area contributed by atoms with Crippen molar-refractivity contribution in [1.82, 2.24) is 9.97 Å². The van der Waals surface area contributed by atoms with E-state index in [-0.39, 0.29) is 5.56 Å². The lowest BCUT2D eigenvalue weighted by Gasteiger charge is -2.02. The smallest absolute Gasteiger partial charge is 0.251 e. The van der Waals surface area contributed by atoms with Gasteiger partial charge in [-0.3, -0.25) is 4.79 Å². The molecule has 5 heteroatoms. The van der Waals surface area contributed by atoms with Crippen LogP contribution in [-0.4, -0.2) is 9.97 Å². The van der Waals surface area contributed by atoms with Gasteiger partial charge in [0.05, 0.1) is 16.5 Å². The molecule has 1 aromatic carbocycles. The van der Waals surface area contributed by atoms with Gasteiger partial charge in [-0.05, 0) is 28.1 Å². The summed E-state index contributed by atoms with van der Waals surface area (Å²) in [6, 6.07) is 6.10. The summed E-state index contributed by atoms with van der Waals surface area (Å²) in [7, 11) is 0. The zero-order valence-corrected chi connectivity index (χ0v) is 9.08. The molecule has 76 valence electrons. The molecular formula is C10H6BrFN2O. The summed E-state index contributed by atoms with van der Waals surface area (Å²) < 4.78 is 14.0. The third-order valence-corrected chi connectivity index (χ3v) is 2.52. The predicted octanol–water partition coefficient (Wildman–Crippen LogP) is 2.34. The highest BCUT2D eigenvalue weighted by Crippen LogP contribution is 2.25. The monoisotopic (exact) mass is 268 g/mol. The number of hydrogen-bond acceptors (Lipinski definition) is 2. The molecule has 0 spiro atoms. The van der Waals surface area contributed by atoms with Crippen LogP contribution in [0.25, 0.3) is 11.3 Å². The quantitative estimate of drug-likeness (QED) is 0.863. The Labute approximate surface area is 93.1 Å². The molecule has 1 N–H and O–H groups in total. The van der Waals surface area contributed by atoms with Crippen LogP contribution in [0.1, 0.15) is 0 Å². The SMILES string of the molecule is O=c1cc(-c2cccc(Br)c2F)nc[nH]1. The number of nitrogens with one attached hydrogen (secondary N) is 1. The first-order valence-electron chi connectivity index (χ1n) is 4.17. The number of H-pyrrole nitrogens is 1. The molecule has 2 rings (SSSR count).